The first kappa shape index (κ1) is 17.1. The largest absolute Gasteiger partial charge is 0.337 e. The molecule has 0 bridgehead atoms. The number of hydrogen-bond donors (Lipinski definition) is 0. The Morgan fingerprint density at radius 2 is 2.04 bits per heavy atom. The van der Waals surface area contributed by atoms with Gasteiger partial charge in [-0.3, -0.25) is 9.59 Å². The molecule has 7 heteroatoms. The fraction of sp³-hybridized carbons (Fsp3) is 0.421. The lowest BCUT2D eigenvalue weighted by molar-refractivity contribution is -0.134. The van der Waals surface area contributed by atoms with E-state index in [9.17, 15) is 14.0 Å². The van der Waals surface area contributed by atoms with E-state index >= 15 is 0 Å². The highest BCUT2D eigenvalue weighted by Crippen LogP contribution is 2.32. The van der Waals surface area contributed by atoms with Gasteiger partial charge in [0.2, 0.25) is 5.91 Å². The van der Waals surface area contributed by atoms with Crippen LogP contribution in [-0.2, 0) is 11.2 Å². The van der Waals surface area contributed by atoms with Crippen molar-refractivity contribution in [1.29, 1.82) is 0 Å². The first-order valence-corrected chi connectivity index (χ1v) is 9.77. The van der Waals surface area contributed by atoms with E-state index in [1.807, 2.05) is 9.80 Å². The Balaban J connectivity index is 1.45. The van der Waals surface area contributed by atoms with Gasteiger partial charge in [-0.25, -0.2) is 9.37 Å². The summed E-state index contributed by atoms with van der Waals surface area (Å²) < 4.78 is 13.1. The zero-order chi connectivity index (χ0) is 18.1. The third-order valence-corrected chi connectivity index (χ3v) is 5.89. The van der Waals surface area contributed by atoms with Gasteiger partial charge in [0.05, 0.1) is 18.0 Å². The molecule has 2 saturated heterocycles. The maximum absolute atomic E-state index is 13.1. The van der Waals surface area contributed by atoms with Gasteiger partial charge in [-0.2, -0.15) is 0 Å². The Morgan fingerprint density at radius 3 is 2.77 bits per heavy atom. The van der Waals surface area contributed by atoms with E-state index in [1.165, 1.54) is 23.5 Å². The molecule has 2 aromatic rings. The molecule has 2 aliphatic heterocycles. The monoisotopic (exact) mass is 373 g/mol. The van der Waals surface area contributed by atoms with Crippen molar-refractivity contribution in [2.24, 2.45) is 5.92 Å². The van der Waals surface area contributed by atoms with Crippen LogP contribution in [0.3, 0.4) is 0 Å². The molecule has 0 aliphatic carbocycles. The van der Waals surface area contributed by atoms with Crippen molar-refractivity contribution in [2.75, 3.05) is 19.6 Å². The molecule has 3 heterocycles. The second-order valence-corrected chi connectivity index (χ2v) is 7.66. The van der Waals surface area contributed by atoms with E-state index in [0.717, 1.165) is 24.9 Å². The number of nitrogens with zero attached hydrogens (tertiary/aromatic N) is 3. The van der Waals surface area contributed by atoms with Crippen molar-refractivity contribution >= 4 is 23.2 Å². The molecule has 1 aromatic carbocycles. The Morgan fingerprint density at radius 1 is 1.23 bits per heavy atom. The van der Waals surface area contributed by atoms with E-state index in [1.54, 1.807) is 23.0 Å². The smallest absolute Gasteiger partial charge is 0.273 e. The van der Waals surface area contributed by atoms with Crippen LogP contribution in [0.25, 0.3) is 0 Å². The Kier molecular flexibility index (Phi) is 4.72. The average molecular weight is 373 g/mol. The van der Waals surface area contributed by atoms with Gasteiger partial charge in [0.15, 0.2) is 0 Å². The number of thiazole rings is 1. The van der Waals surface area contributed by atoms with Crippen LogP contribution in [0.4, 0.5) is 4.39 Å². The normalized spacial score (nSPS) is 22.3. The number of piperidine rings is 1. The molecule has 0 spiro atoms. The number of carbonyl (C=O) groups excluding carboxylic acids is 2. The van der Waals surface area contributed by atoms with Gasteiger partial charge in [-0.1, -0.05) is 12.1 Å². The second kappa shape index (κ2) is 7.15. The number of carbonyl (C=O) groups is 2. The zero-order valence-electron chi connectivity index (χ0n) is 14.3. The molecule has 2 aliphatic rings. The highest BCUT2D eigenvalue weighted by molar-refractivity contribution is 7.07. The molecule has 2 atom stereocenters. The van der Waals surface area contributed by atoms with Crippen molar-refractivity contribution < 1.29 is 14.0 Å². The highest BCUT2D eigenvalue weighted by atomic mass is 32.1. The first-order chi connectivity index (χ1) is 12.6. The van der Waals surface area contributed by atoms with Gasteiger partial charge >= 0.3 is 0 Å². The predicted octanol–water partition coefficient (Wildman–Crippen LogP) is 2.59. The van der Waals surface area contributed by atoms with Crippen LogP contribution >= 0.6 is 11.3 Å². The van der Waals surface area contributed by atoms with E-state index in [4.69, 9.17) is 0 Å². The second-order valence-electron chi connectivity index (χ2n) is 6.94. The van der Waals surface area contributed by atoms with Crippen LogP contribution in [0.1, 0.15) is 28.9 Å². The SMILES string of the molecule is O=C(c1cscn1)N1C[C@@H]2CCCN(C(=O)Cc3ccc(F)cc3)[C@@H]2C1. The summed E-state index contributed by atoms with van der Waals surface area (Å²) in [5.41, 5.74) is 2.96. The lowest BCUT2D eigenvalue weighted by atomic mass is 9.91. The average Bonchev–Trinajstić information content (AvgIpc) is 3.32. The lowest BCUT2D eigenvalue weighted by Crippen LogP contribution is -2.49. The van der Waals surface area contributed by atoms with E-state index < -0.39 is 0 Å². The van der Waals surface area contributed by atoms with Crippen molar-refractivity contribution in [3.63, 3.8) is 0 Å². The molecular formula is C19H20FN3O2S. The number of hydrogen-bond acceptors (Lipinski definition) is 4. The number of amides is 2. The van der Waals surface area contributed by atoms with Crippen LogP contribution in [-0.4, -0.2) is 52.3 Å². The van der Waals surface area contributed by atoms with Crippen LogP contribution in [0.15, 0.2) is 35.2 Å². The summed E-state index contributed by atoms with van der Waals surface area (Å²) in [6.07, 6.45) is 2.25. The van der Waals surface area contributed by atoms with Gasteiger partial charge in [0, 0.05) is 25.0 Å². The molecule has 136 valence electrons. The summed E-state index contributed by atoms with van der Waals surface area (Å²) in [6.45, 7) is 1.97. The van der Waals surface area contributed by atoms with E-state index in [0.29, 0.717) is 24.7 Å². The summed E-state index contributed by atoms with van der Waals surface area (Å²) in [7, 11) is 0. The molecule has 26 heavy (non-hydrogen) atoms. The standard InChI is InChI=1S/C19H20FN3O2S/c20-15-5-3-13(4-6-15)8-18(24)23-7-1-2-14-9-22(10-17(14)23)19(25)16-11-26-12-21-16/h3-6,11-12,14,17H,1-2,7-10H2/t14-,17+/m0/s1. The van der Waals surface area contributed by atoms with Gasteiger partial charge in [-0.05, 0) is 36.5 Å². The van der Waals surface area contributed by atoms with Gasteiger partial charge in [0.25, 0.3) is 5.91 Å². The molecule has 4 rings (SSSR count). The minimum absolute atomic E-state index is 0.0495. The summed E-state index contributed by atoms with van der Waals surface area (Å²) in [6, 6.07) is 6.14. The predicted molar refractivity (Wildman–Crippen MR) is 96.3 cm³/mol. The molecular weight excluding hydrogens is 353 g/mol. The molecule has 2 fully saturated rings. The molecule has 0 radical (unpaired) electrons. The van der Waals surface area contributed by atoms with Crippen LogP contribution in [0, 0.1) is 11.7 Å². The molecule has 0 N–H and O–H groups in total. The van der Waals surface area contributed by atoms with Crippen molar-refractivity contribution in [2.45, 2.75) is 25.3 Å². The highest BCUT2D eigenvalue weighted by Gasteiger charge is 2.42. The fourth-order valence-corrected chi connectivity index (χ4v) is 4.54. The Bertz CT molecular complexity index is 794. The molecule has 2 amide bonds. The summed E-state index contributed by atoms with van der Waals surface area (Å²) in [5, 5.41) is 1.77. The Labute approximate surface area is 155 Å². The first-order valence-electron chi connectivity index (χ1n) is 8.83. The van der Waals surface area contributed by atoms with Crippen molar-refractivity contribution in [3.8, 4) is 0 Å². The molecule has 0 unspecified atom stereocenters. The summed E-state index contributed by atoms with van der Waals surface area (Å²) in [4.78, 5) is 33.3. The van der Waals surface area contributed by atoms with Crippen LogP contribution < -0.4 is 0 Å². The number of benzene rings is 1. The van der Waals surface area contributed by atoms with Crippen LogP contribution in [0.2, 0.25) is 0 Å². The van der Waals surface area contributed by atoms with Crippen molar-refractivity contribution in [1.82, 2.24) is 14.8 Å². The number of halogens is 1. The number of aromatic nitrogens is 1. The molecule has 5 nitrogen and oxygen atoms in total. The maximum Gasteiger partial charge on any atom is 0.273 e. The number of likely N-dealkylation sites (tertiary alicyclic amines) is 2. The van der Waals surface area contributed by atoms with Gasteiger partial charge < -0.3 is 9.80 Å². The fourth-order valence-electron chi connectivity index (χ4n) is 4.01. The molecule has 1 aromatic heterocycles. The number of fused-ring (bicyclic) bond motifs is 1. The summed E-state index contributed by atoms with van der Waals surface area (Å²) >= 11 is 1.41. The third-order valence-electron chi connectivity index (χ3n) is 5.31. The Hall–Kier alpha value is -2.28. The van der Waals surface area contributed by atoms with Crippen LogP contribution in [0.5, 0.6) is 0 Å². The number of rotatable bonds is 3. The molecule has 0 saturated carbocycles. The summed E-state index contributed by atoms with van der Waals surface area (Å²) in [5.74, 6) is 0.0237. The van der Waals surface area contributed by atoms with E-state index in [2.05, 4.69) is 4.98 Å². The van der Waals surface area contributed by atoms with Gasteiger partial charge in [0.1, 0.15) is 11.5 Å². The topological polar surface area (TPSA) is 53.5 Å². The quantitative estimate of drug-likeness (QED) is 0.831. The zero-order valence-corrected chi connectivity index (χ0v) is 15.1. The third kappa shape index (κ3) is 3.35. The minimum atomic E-state index is -0.300. The van der Waals surface area contributed by atoms with Gasteiger partial charge in [-0.15, -0.1) is 11.3 Å². The minimum Gasteiger partial charge on any atom is -0.337 e. The van der Waals surface area contributed by atoms with Crippen molar-refractivity contribution in [3.05, 3.63) is 52.2 Å². The maximum atomic E-state index is 13.1. The lowest BCUT2D eigenvalue weighted by Gasteiger charge is -2.37. The van der Waals surface area contributed by atoms with E-state index in [-0.39, 0.29) is 30.1 Å².